The van der Waals surface area contributed by atoms with Crippen molar-refractivity contribution < 1.29 is 14.7 Å². The van der Waals surface area contributed by atoms with Crippen LogP contribution in [0.15, 0.2) is 54.9 Å². The zero-order valence-corrected chi connectivity index (χ0v) is 10.4. The normalized spacial score (nSPS) is 10.4. The molecule has 0 bridgehead atoms. The SMILES string of the molecule is O=C(O)C(=O)N(C=Cc1cccnn1)c1ccccc1. The van der Waals surface area contributed by atoms with Gasteiger partial charge in [-0.3, -0.25) is 9.69 Å². The number of amides is 1. The van der Waals surface area contributed by atoms with Crippen LogP contribution < -0.4 is 4.90 Å². The molecule has 1 N–H and O–H groups in total. The van der Waals surface area contributed by atoms with Crippen molar-refractivity contribution in [2.45, 2.75) is 0 Å². The molecule has 6 heteroatoms. The number of carboxylic acid groups (broad SMARTS) is 1. The van der Waals surface area contributed by atoms with Gasteiger partial charge >= 0.3 is 11.9 Å². The van der Waals surface area contributed by atoms with Crippen molar-refractivity contribution >= 4 is 23.6 Å². The summed E-state index contributed by atoms with van der Waals surface area (Å²) in [5, 5.41) is 16.4. The van der Waals surface area contributed by atoms with E-state index in [2.05, 4.69) is 10.2 Å². The standard InChI is InChI=1S/C14H11N3O3/c18-13(14(19)20)17(12-6-2-1-3-7-12)10-8-11-5-4-9-15-16-11/h1-10H,(H,19,20). The van der Waals surface area contributed by atoms with E-state index in [-0.39, 0.29) is 0 Å². The number of hydrogen-bond donors (Lipinski definition) is 1. The third-order valence-corrected chi connectivity index (χ3v) is 2.42. The van der Waals surface area contributed by atoms with Gasteiger partial charge in [0.05, 0.1) is 5.69 Å². The van der Waals surface area contributed by atoms with Gasteiger partial charge in [0, 0.05) is 18.1 Å². The summed E-state index contributed by atoms with van der Waals surface area (Å²) in [7, 11) is 0. The van der Waals surface area contributed by atoms with Crippen molar-refractivity contribution in [1.82, 2.24) is 10.2 Å². The van der Waals surface area contributed by atoms with Crippen LogP contribution in [0.2, 0.25) is 0 Å². The molecule has 0 aliphatic rings. The lowest BCUT2D eigenvalue weighted by atomic mass is 10.3. The smallest absolute Gasteiger partial charge is 0.395 e. The van der Waals surface area contributed by atoms with Crippen LogP contribution >= 0.6 is 0 Å². The number of aromatic nitrogens is 2. The number of aliphatic carboxylic acids is 1. The Kier molecular flexibility index (Phi) is 4.18. The fourth-order valence-corrected chi connectivity index (χ4v) is 1.52. The monoisotopic (exact) mass is 269 g/mol. The van der Waals surface area contributed by atoms with E-state index in [1.54, 1.807) is 42.5 Å². The first kappa shape index (κ1) is 13.4. The second-order valence-electron chi connectivity index (χ2n) is 3.78. The lowest BCUT2D eigenvalue weighted by Crippen LogP contribution is -2.32. The fraction of sp³-hybridized carbons (Fsp3) is 0. The van der Waals surface area contributed by atoms with Gasteiger partial charge in [0.2, 0.25) is 0 Å². The molecule has 2 aromatic rings. The molecule has 100 valence electrons. The number of para-hydroxylation sites is 1. The first-order valence-electron chi connectivity index (χ1n) is 5.76. The zero-order valence-electron chi connectivity index (χ0n) is 10.4. The molecular weight excluding hydrogens is 258 g/mol. The minimum atomic E-state index is -1.53. The van der Waals surface area contributed by atoms with Crippen molar-refractivity contribution in [3.8, 4) is 0 Å². The van der Waals surface area contributed by atoms with E-state index in [9.17, 15) is 9.59 Å². The average Bonchev–Trinajstić information content (AvgIpc) is 2.49. The Labute approximate surface area is 115 Å². The highest BCUT2D eigenvalue weighted by Crippen LogP contribution is 2.15. The topological polar surface area (TPSA) is 83.4 Å². The number of rotatable bonds is 3. The molecule has 1 heterocycles. The average molecular weight is 269 g/mol. The third-order valence-electron chi connectivity index (χ3n) is 2.42. The number of carbonyl (C=O) groups is 2. The Hall–Kier alpha value is -3.02. The maximum Gasteiger partial charge on any atom is 0.395 e. The molecule has 0 unspecified atom stereocenters. The predicted octanol–water partition coefficient (Wildman–Crippen LogP) is 1.57. The summed E-state index contributed by atoms with van der Waals surface area (Å²) in [5.41, 5.74) is 0.978. The lowest BCUT2D eigenvalue weighted by Gasteiger charge is -2.15. The molecule has 0 saturated carbocycles. The van der Waals surface area contributed by atoms with Crippen LogP contribution in [-0.4, -0.2) is 27.2 Å². The number of benzene rings is 1. The second kappa shape index (κ2) is 6.24. The molecule has 0 saturated heterocycles. The molecule has 0 radical (unpaired) electrons. The Morgan fingerprint density at radius 2 is 1.85 bits per heavy atom. The summed E-state index contributed by atoms with van der Waals surface area (Å²) in [4.78, 5) is 23.6. The minimum absolute atomic E-state index is 0.458. The van der Waals surface area contributed by atoms with Crippen LogP contribution in [0.3, 0.4) is 0 Å². The second-order valence-corrected chi connectivity index (χ2v) is 3.78. The van der Waals surface area contributed by atoms with Gasteiger partial charge in [-0.15, -0.1) is 0 Å². The predicted molar refractivity (Wildman–Crippen MR) is 72.6 cm³/mol. The van der Waals surface area contributed by atoms with Gasteiger partial charge in [0.25, 0.3) is 0 Å². The molecule has 1 aromatic carbocycles. The number of anilines is 1. The number of hydrogen-bond acceptors (Lipinski definition) is 4. The molecular formula is C14H11N3O3. The van der Waals surface area contributed by atoms with Crippen LogP contribution in [0.25, 0.3) is 6.08 Å². The summed E-state index contributed by atoms with van der Waals surface area (Å²) in [6.45, 7) is 0. The van der Waals surface area contributed by atoms with E-state index >= 15 is 0 Å². The third kappa shape index (κ3) is 3.26. The van der Waals surface area contributed by atoms with E-state index in [1.807, 2.05) is 0 Å². The lowest BCUT2D eigenvalue weighted by molar-refractivity contribution is -0.148. The molecule has 0 atom stereocenters. The first-order chi connectivity index (χ1) is 9.68. The van der Waals surface area contributed by atoms with Gasteiger partial charge in [-0.2, -0.15) is 10.2 Å². The van der Waals surface area contributed by atoms with Crippen molar-refractivity contribution in [2.75, 3.05) is 4.90 Å². The quantitative estimate of drug-likeness (QED) is 0.855. The maximum atomic E-state index is 11.7. The van der Waals surface area contributed by atoms with E-state index in [1.165, 1.54) is 18.5 Å². The zero-order chi connectivity index (χ0) is 14.4. The molecule has 2 rings (SSSR count). The van der Waals surface area contributed by atoms with Crippen LogP contribution in [0.1, 0.15) is 5.69 Å². The van der Waals surface area contributed by atoms with Gasteiger partial charge in [-0.25, -0.2) is 4.79 Å². The summed E-state index contributed by atoms with van der Waals surface area (Å²) in [6, 6.07) is 11.9. The number of nitrogens with zero attached hydrogens (tertiary/aromatic N) is 3. The largest absolute Gasteiger partial charge is 0.474 e. The molecule has 0 spiro atoms. The van der Waals surface area contributed by atoms with Gasteiger partial charge < -0.3 is 5.11 Å². The van der Waals surface area contributed by atoms with Crippen molar-refractivity contribution in [3.05, 3.63) is 60.6 Å². The van der Waals surface area contributed by atoms with Gasteiger partial charge in [0.1, 0.15) is 0 Å². The Morgan fingerprint density at radius 3 is 2.45 bits per heavy atom. The molecule has 0 aliphatic carbocycles. The van der Waals surface area contributed by atoms with Crippen LogP contribution in [-0.2, 0) is 9.59 Å². The van der Waals surface area contributed by atoms with Crippen molar-refractivity contribution in [1.29, 1.82) is 0 Å². The molecule has 0 fully saturated rings. The van der Waals surface area contributed by atoms with Crippen molar-refractivity contribution in [3.63, 3.8) is 0 Å². The highest BCUT2D eigenvalue weighted by Gasteiger charge is 2.20. The van der Waals surface area contributed by atoms with Crippen LogP contribution in [0.5, 0.6) is 0 Å². The minimum Gasteiger partial charge on any atom is -0.474 e. The summed E-state index contributed by atoms with van der Waals surface area (Å²) in [5.74, 6) is -2.58. The maximum absolute atomic E-state index is 11.7. The van der Waals surface area contributed by atoms with Crippen LogP contribution in [0.4, 0.5) is 5.69 Å². The number of carbonyl (C=O) groups excluding carboxylic acids is 1. The number of carboxylic acids is 1. The summed E-state index contributed by atoms with van der Waals surface area (Å²) < 4.78 is 0. The van der Waals surface area contributed by atoms with Crippen LogP contribution in [0, 0.1) is 0 Å². The highest BCUT2D eigenvalue weighted by atomic mass is 16.4. The Morgan fingerprint density at radius 1 is 1.10 bits per heavy atom. The highest BCUT2D eigenvalue weighted by molar-refractivity contribution is 6.37. The van der Waals surface area contributed by atoms with E-state index in [0.29, 0.717) is 11.4 Å². The summed E-state index contributed by atoms with van der Waals surface area (Å²) in [6.07, 6.45) is 4.39. The van der Waals surface area contributed by atoms with Gasteiger partial charge in [0.15, 0.2) is 0 Å². The molecule has 0 aliphatic heterocycles. The first-order valence-corrected chi connectivity index (χ1v) is 5.76. The Bertz CT molecular complexity index is 627. The van der Waals surface area contributed by atoms with Crippen molar-refractivity contribution in [2.24, 2.45) is 0 Å². The summed E-state index contributed by atoms with van der Waals surface area (Å²) >= 11 is 0. The molecule has 6 nitrogen and oxygen atoms in total. The fourth-order valence-electron chi connectivity index (χ4n) is 1.52. The Balaban J connectivity index is 2.31. The van der Waals surface area contributed by atoms with Gasteiger partial charge in [-0.05, 0) is 30.3 Å². The van der Waals surface area contributed by atoms with Gasteiger partial charge in [-0.1, -0.05) is 18.2 Å². The molecule has 20 heavy (non-hydrogen) atoms. The molecule has 1 aromatic heterocycles. The van der Waals surface area contributed by atoms with E-state index < -0.39 is 11.9 Å². The molecule has 1 amide bonds. The van der Waals surface area contributed by atoms with E-state index in [0.717, 1.165) is 4.90 Å². The van der Waals surface area contributed by atoms with E-state index in [4.69, 9.17) is 5.11 Å².